The summed E-state index contributed by atoms with van der Waals surface area (Å²) >= 11 is 0. The largest absolute Gasteiger partial charge is 0.322 e. The van der Waals surface area contributed by atoms with Crippen molar-refractivity contribution in [2.45, 2.75) is 6.42 Å². The van der Waals surface area contributed by atoms with Gasteiger partial charge >= 0.3 is 0 Å². The maximum atomic E-state index is 13.6. The number of hydrogen-bond donors (Lipinski definition) is 2. The van der Waals surface area contributed by atoms with Gasteiger partial charge in [-0.1, -0.05) is 18.2 Å². The third-order valence-corrected chi connectivity index (χ3v) is 4.41. The first-order valence-corrected chi connectivity index (χ1v) is 8.49. The van der Waals surface area contributed by atoms with E-state index < -0.39 is 29.0 Å². The number of quaternary nitrogens is 1. The quantitative estimate of drug-likeness (QED) is 0.767. The molecular weight excluding hydrogens is 359 g/mol. The van der Waals surface area contributed by atoms with E-state index in [2.05, 4.69) is 5.32 Å². The van der Waals surface area contributed by atoms with E-state index in [0.29, 0.717) is 11.4 Å². The zero-order valence-electron chi connectivity index (χ0n) is 14.7. The number of rotatable bonds is 5. The predicted molar refractivity (Wildman–Crippen MR) is 94.1 cm³/mol. The Hall–Kier alpha value is -2.87. The van der Waals surface area contributed by atoms with Crippen LogP contribution in [-0.2, 0) is 16.0 Å². The first-order chi connectivity index (χ1) is 12.9. The highest BCUT2D eigenvalue weighted by Crippen LogP contribution is 2.27. The van der Waals surface area contributed by atoms with Crippen molar-refractivity contribution >= 4 is 23.2 Å². The number of carbonyl (C=O) groups is 2. The van der Waals surface area contributed by atoms with Crippen molar-refractivity contribution in [2.75, 3.05) is 36.9 Å². The summed E-state index contributed by atoms with van der Waals surface area (Å²) in [5.41, 5.74) is 1.55. The lowest BCUT2D eigenvalue weighted by Crippen LogP contribution is -3.11. The lowest BCUT2D eigenvalue weighted by molar-refractivity contribution is -0.862. The number of hydrogen-bond acceptors (Lipinski definition) is 2. The van der Waals surface area contributed by atoms with Gasteiger partial charge in [0.05, 0.1) is 12.7 Å². The monoisotopic (exact) mass is 378 g/mol. The van der Waals surface area contributed by atoms with Crippen LogP contribution in [0.25, 0.3) is 0 Å². The number of nitrogens with one attached hydrogen (secondary N) is 2. The van der Waals surface area contributed by atoms with Gasteiger partial charge in [-0.25, -0.2) is 13.2 Å². The number of halogens is 3. The Bertz CT molecular complexity index is 888. The van der Waals surface area contributed by atoms with E-state index in [1.54, 1.807) is 11.9 Å². The molecule has 0 saturated carbocycles. The van der Waals surface area contributed by atoms with Gasteiger partial charge < -0.3 is 15.1 Å². The Balaban J connectivity index is 1.56. The molecule has 0 bridgehead atoms. The van der Waals surface area contributed by atoms with E-state index in [4.69, 9.17) is 0 Å². The molecule has 0 fully saturated rings. The van der Waals surface area contributed by atoms with Crippen molar-refractivity contribution in [3.63, 3.8) is 0 Å². The normalized spacial score (nSPS) is 14.0. The highest BCUT2D eigenvalue weighted by atomic mass is 19.2. The number of benzene rings is 2. The Labute approximate surface area is 154 Å². The number of anilines is 2. The van der Waals surface area contributed by atoms with Crippen molar-refractivity contribution in [2.24, 2.45) is 0 Å². The van der Waals surface area contributed by atoms with Crippen LogP contribution in [-0.4, -0.2) is 38.5 Å². The van der Waals surface area contributed by atoms with E-state index >= 15 is 0 Å². The molecule has 0 saturated heterocycles. The fourth-order valence-electron chi connectivity index (χ4n) is 3.10. The number of likely N-dealkylation sites (N-methyl/N-ethyl adjacent to an activating group) is 1. The van der Waals surface area contributed by atoms with Gasteiger partial charge in [0.15, 0.2) is 30.5 Å². The van der Waals surface area contributed by atoms with Crippen LogP contribution in [0.1, 0.15) is 5.56 Å². The van der Waals surface area contributed by atoms with Gasteiger partial charge in [-0.3, -0.25) is 9.59 Å². The second-order valence-electron chi connectivity index (χ2n) is 6.51. The molecule has 2 amide bonds. The maximum Gasteiger partial charge on any atom is 0.282 e. The first kappa shape index (κ1) is 18.9. The Kier molecular flexibility index (Phi) is 5.46. The standard InChI is InChI=1S/C19H18F3N3O2/c1-24(10-16(26)23-14-7-6-13(20)18(21)19(14)22)11-17(27)25-9-8-12-4-2-3-5-15(12)25/h2-7H,8-11H2,1H3,(H,23,26)/p+1. The zero-order valence-corrected chi connectivity index (χ0v) is 14.7. The van der Waals surface area contributed by atoms with E-state index in [1.807, 2.05) is 24.3 Å². The number of nitrogens with zero attached hydrogens (tertiary/aromatic N) is 1. The summed E-state index contributed by atoms with van der Waals surface area (Å²) in [6, 6.07) is 9.33. The molecule has 0 aromatic heterocycles. The van der Waals surface area contributed by atoms with Gasteiger partial charge in [-0.2, -0.15) is 0 Å². The van der Waals surface area contributed by atoms with Crippen LogP contribution in [0, 0.1) is 17.5 Å². The number of para-hydroxylation sites is 1. The molecule has 0 spiro atoms. The predicted octanol–water partition coefficient (Wildman–Crippen LogP) is 1.15. The third kappa shape index (κ3) is 4.11. The highest BCUT2D eigenvalue weighted by Gasteiger charge is 2.27. The van der Waals surface area contributed by atoms with E-state index in [9.17, 15) is 22.8 Å². The van der Waals surface area contributed by atoms with Gasteiger partial charge in [-0.15, -0.1) is 0 Å². The van der Waals surface area contributed by atoms with Gasteiger partial charge in [0.2, 0.25) is 0 Å². The average Bonchev–Trinajstić information content (AvgIpc) is 3.06. The van der Waals surface area contributed by atoms with Crippen molar-refractivity contribution in [3.8, 4) is 0 Å². The van der Waals surface area contributed by atoms with Crippen molar-refractivity contribution in [3.05, 3.63) is 59.4 Å². The topological polar surface area (TPSA) is 53.9 Å². The zero-order chi connectivity index (χ0) is 19.6. The molecule has 0 aliphatic carbocycles. The lowest BCUT2D eigenvalue weighted by Gasteiger charge is -2.20. The van der Waals surface area contributed by atoms with Gasteiger partial charge in [0.25, 0.3) is 11.8 Å². The van der Waals surface area contributed by atoms with Crippen molar-refractivity contribution < 1.29 is 27.7 Å². The van der Waals surface area contributed by atoms with E-state index in [0.717, 1.165) is 29.8 Å². The fourth-order valence-corrected chi connectivity index (χ4v) is 3.10. The molecule has 1 atom stereocenters. The molecule has 2 aromatic rings. The molecule has 0 radical (unpaired) electrons. The third-order valence-electron chi connectivity index (χ3n) is 4.41. The van der Waals surface area contributed by atoms with Crippen molar-refractivity contribution in [1.29, 1.82) is 0 Å². The van der Waals surface area contributed by atoms with Crippen LogP contribution in [0.4, 0.5) is 24.5 Å². The molecule has 27 heavy (non-hydrogen) atoms. The van der Waals surface area contributed by atoms with Gasteiger partial charge in [0.1, 0.15) is 0 Å². The number of carbonyl (C=O) groups excluding carboxylic acids is 2. The molecule has 5 nitrogen and oxygen atoms in total. The summed E-state index contributed by atoms with van der Waals surface area (Å²) < 4.78 is 39.8. The molecule has 1 aliphatic heterocycles. The van der Waals surface area contributed by atoms with E-state index in [1.165, 1.54) is 0 Å². The summed E-state index contributed by atoms with van der Waals surface area (Å²) in [5, 5.41) is 2.20. The fraction of sp³-hybridized carbons (Fsp3) is 0.263. The number of fused-ring (bicyclic) bond motifs is 1. The molecule has 1 unspecified atom stereocenters. The van der Waals surface area contributed by atoms with Crippen LogP contribution < -0.4 is 15.1 Å². The summed E-state index contributed by atoms with van der Waals surface area (Å²) in [5.74, 6) is -5.15. The summed E-state index contributed by atoms with van der Waals surface area (Å²) in [6.45, 7) is 0.541. The summed E-state index contributed by atoms with van der Waals surface area (Å²) in [7, 11) is 1.65. The Morgan fingerprint density at radius 1 is 1.07 bits per heavy atom. The Morgan fingerprint density at radius 2 is 1.81 bits per heavy atom. The minimum atomic E-state index is -1.64. The molecule has 1 aliphatic rings. The molecular formula is C19H19F3N3O2+. The lowest BCUT2D eigenvalue weighted by atomic mass is 10.2. The van der Waals surface area contributed by atoms with Crippen LogP contribution in [0.2, 0.25) is 0 Å². The Morgan fingerprint density at radius 3 is 2.59 bits per heavy atom. The van der Waals surface area contributed by atoms with E-state index in [-0.39, 0.29) is 19.0 Å². The number of amides is 2. The summed E-state index contributed by atoms with van der Waals surface area (Å²) in [4.78, 5) is 26.8. The first-order valence-electron chi connectivity index (χ1n) is 8.49. The summed E-state index contributed by atoms with van der Waals surface area (Å²) in [6.07, 6.45) is 0.789. The minimum Gasteiger partial charge on any atom is -0.322 e. The molecule has 1 heterocycles. The van der Waals surface area contributed by atoms with Crippen molar-refractivity contribution in [1.82, 2.24) is 0 Å². The van der Waals surface area contributed by atoms with Gasteiger partial charge in [-0.05, 0) is 30.2 Å². The smallest absolute Gasteiger partial charge is 0.282 e. The van der Waals surface area contributed by atoms with Gasteiger partial charge in [0, 0.05) is 12.2 Å². The van der Waals surface area contributed by atoms with Crippen LogP contribution >= 0.6 is 0 Å². The molecule has 8 heteroatoms. The molecule has 2 N–H and O–H groups in total. The second kappa shape index (κ2) is 7.79. The minimum absolute atomic E-state index is 0.0714. The maximum absolute atomic E-state index is 13.6. The van der Waals surface area contributed by atoms with Crippen LogP contribution in [0.15, 0.2) is 36.4 Å². The SMILES string of the molecule is C[NH+](CC(=O)Nc1ccc(F)c(F)c1F)CC(=O)N1CCc2ccccc21. The molecule has 2 aromatic carbocycles. The highest BCUT2D eigenvalue weighted by molar-refractivity contribution is 5.96. The average molecular weight is 378 g/mol. The second-order valence-corrected chi connectivity index (χ2v) is 6.51. The van der Waals surface area contributed by atoms with Crippen LogP contribution in [0.3, 0.4) is 0 Å². The van der Waals surface area contributed by atoms with Crippen LogP contribution in [0.5, 0.6) is 0 Å². The molecule has 3 rings (SSSR count). The molecule has 142 valence electrons.